The molecule has 2 atom stereocenters. The van der Waals surface area contributed by atoms with Crippen molar-refractivity contribution in [1.29, 1.82) is 0 Å². The lowest BCUT2D eigenvalue weighted by molar-refractivity contribution is 0.400. The Morgan fingerprint density at radius 3 is 0.984 bits per heavy atom. The molecule has 0 amide bonds. The average Bonchev–Trinajstić information content (AvgIpc) is 4.05. The predicted octanol–water partition coefficient (Wildman–Crippen LogP) is 20.3. The van der Waals surface area contributed by atoms with Crippen molar-refractivity contribution in [2.24, 2.45) is 11.8 Å². The van der Waals surface area contributed by atoms with E-state index >= 15 is 8.78 Å². The molecule has 0 aliphatic carbocycles. The van der Waals surface area contributed by atoms with Crippen molar-refractivity contribution in [2.75, 3.05) is 0 Å². The third-order valence-corrected chi connectivity index (χ3v) is 15.8. The fourth-order valence-corrected chi connectivity index (χ4v) is 12.0. The molecule has 4 aromatic rings. The zero-order valence-corrected chi connectivity index (χ0v) is 41.8. The van der Waals surface area contributed by atoms with Gasteiger partial charge in [0, 0.05) is 9.75 Å². The first-order valence-electron chi connectivity index (χ1n) is 25.8. The minimum absolute atomic E-state index is 0.290. The van der Waals surface area contributed by atoms with Crippen LogP contribution in [0, 0.1) is 23.5 Å². The van der Waals surface area contributed by atoms with Crippen LogP contribution in [-0.4, -0.2) is 8.75 Å². The fourth-order valence-electron chi connectivity index (χ4n) is 9.55. The number of unbranched alkanes of at least 4 members (excludes halogenated alkanes) is 24. The summed E-state index contributed by atoms with van der Waals surface area (Å²) in [6.07, 6.45) is 44.4. The number of aromatic nitrogens is 2. The van der Waals surface area contributed by atoms with Crippen LogP contribution >= 0.6 is 34.4 Å². The summed E-state index contributed by atoms with van der Waals surface area (Å²) in [7, 11) is 0. The highest BCUT2D eigenvalue weighted by atomic mass is 32.1. The van der Waals surface area contributed by atoms with Gasteiger partial charge in [-0.25, -0.2) is 8.78 Å². The first kappa shape index (κ1) is 51.9. The van der Waals surface area contributed by atoms with Gasteiger partial charge in [-0.2, -0.15) is 8.75 Å². The number of fused-ring (bicyclic) bond motifs is 1. The van der Waals surface area contributed by atoms with Crippen LogP contribution in [0.2, 0.25) is 0 Å². The van der Waals surface area contributed by atoms with Crippen molar-refractivity contribution in [2.45, 2.75) is 246 Å². The molecular weight excluding hydrogens is 811 g/mol. The van der Waals surface area contributed by atoms with Crippen molar-refractivity contribution in [3.63, 3.8) is 0 Å². The van der Waals surface area contributed by atoms with Crippen molar-refractivity contribution >= 4 is 45.4 Å². The molecule has 0 N–H and O–H groups in total. The van der Waals surface area contributed by atoms with E-state index in [0.717, 1.165) is 34.3 Å². The summed E-state index contributed by atoms with van der Waals surface area (Å²) < 4.78 is 42.2. The largest absolute Gasteiger partial charge is 0.203 e. The Bertz CT molecular complexity index is 1570. The van der Waals surface area contributed by atoms with Crippen LogP contribution in [0.5, 0.6) is 0 Å². The normalized spacial score (nSPS) is 12.9. The molecule has 0 fully saturated rings. The van der Waals surface area contributed by atoms with Gasteiger partial charge in [0.25, 0.3) is 0 Å². The van der Waals surface area contributed by atoms with E-state index in [2.05, 4.69) is 59.3 Å². The van der Waals surface area contributed by atoms with Crippen molar-refractivity contribution in [3.8, 4) is 20.9 Å². The van der Waals surface area contributed by atoms with Crippen molar-refractivity contribution < 1.29 is 8.78 Å². The highest BCUT2D eigenvalue weighted by Crippen LogP contribution is 2.43. The SMILES string of the molecule is CCCCCCCCCCC(CCCCCCCC)Cc1csc(-c2c(F)c(F)c(-c3cc(CC(CCCCCCCC)CCCCCCCCCC)cs3)c3nsnc23)c1. The number of halogens is 2. The van der Waals surface area contributed by atoms with E-state index in [9.17, 15) is 0 Å². The Balaban J connectivity index is 1.43. The maximum atomic E-state index is 16.5. The van der Waals surface area contributed by atoms with Crippen LogP contribution in [0.25, 0.3) is 31.9 Å². The number of hydrogen-bond acceptors (Lipinski definition) is 5. The van der Waals surface area contributed by atoms with E-state index < -0.39 is 11.6 Å². The van der Waals surface area contributed by atoms with Crippen LogP contribution in [0.4, 0.5) is 8.78 Å². The summed E-state index contributed by atoms with van der Waals surface area (Å²) >= 11 is 4.14. The molecule has 61 heavy (non-hydrogen) atoms. The maximum absolute atomic E-state index is 16.5. The molecule has 0 radical (unpaired) electrons. The molecule has 0 aliphatic heterocycles. The molecule has 0 saturated carbocycles. The molecule has 3 aromatic heterocycles. The van der Waals surface area contributed by atoms with Gasteiger partial charge in [-0.1, -0.05) is 233 Å². The maximum Gasteiger partial charge on any atom is 0.170 e. The minimum atomic E-state index is -0.781. The average molecular weight is 897 g/mol. The van der Waals surface area contributed by atoms with Gasteiger partial charge >= 0.3 is 0 Å². The Morgan fingerprint density at radius 2 is 0.689 bits per heavy atom. The summed E-state index contributed by atoms with van der Waals surface area (Å²) in [6, 6.07) is 4.26. The Labute approximate surface area is 385 Å². The molecule has 4 rings (SSSR count). The summed E-state index contributed by atoms with van der Waals surface area (Å²) in [4.78, 5) is 1.54. The third-order valence-electron chi connectivity index (χ3n) is 13.3. The van der Waals surface area contributed by atoms with Crippen LogP contribution in [0.15, 0.2) is 22.9 Å². The van der Waals surface area contributed by atoms with Crippen molar-refractivity contribution in [1.82, 2.24) is 8.75 Å². The Kier molecular flexibility index (Phi) is 27.3. The quantitative estimate of drug-likeness (QED) is 0.0419. The Hall–Kier alpha value is -1.70. The van der Waals surface area contributed by atoms with E-state index in [1.807, 2.05) is 0 Å². The number of rotatable bonds is 38. The number of nitrogens with zero attached hydrogens (tertiary/aromatic N) is 2. The number of thiophene rings is 2. The van der Waals surface area contributed by atoms with Crippen molar-refractivity contribution in [3.05, 3.63) is 45.7 Å². The molecule has 0 bridgehead atoms. The molecule has 2 unspecified atom stereocenters. The van der Waals surface area contributed by atoms with Gasteiger partial charge in [-0.15, -0.1) is 22.7 Å². The first-order chi connectivity index (χ1) is 30.0. The van der Waals surface area contributed by atoms with Gasteiger partial charge in [-0.3, -0.25) is 0 Å². The van der Waals surface area contributed by atoms with Crippen LogP contribution in [0.1, 0.15) is 244 Å². The van der Waals surface area contributed by atoms with E-state index in [1.54, 1.807) is 0 Å². The lowest BCUT2D eigenvalue weighted by Crippen LogP contribution is -2.05. The summed E-state index contributed by atoms with van der Waals surface area (Å²) in [6.45, 7) is 9.13. The number of hydrogen-bond donors (Lipinski definition) is 0. The fraction of sp³-hybridized carbons (Fsp3) is 0.741. The van der Waals surface area contributed by atoms with E-state index in [-0.39, 0.29) is 11.1 Å². The molecule has 1 aromatic carbocycles. The zero-order chi connectivity index (χ0) is 43.3. The molecule has 0 aliphatic rings. The van der Waals surface area contributed by atoms with Gasteiger partial charge < -0.3 is 0 Å². The van der Waals surface area contributed by atoms with E-state index in [0.29, 0.717) is 22.9 Å². The highest BCUT2D eigenvalue weighted by Gasteiger charge is 2.27. The van der Waals surface area contributed by atoms with Gasteiger partial charge in [-0.05, 0) is 58.7 Å². The van der Waals surface area contributed by atoms with Crippen LogP contribution in [-0.2, 0) is 12.8 Å². The van der Waals surface area contributed by atoms with Gasteiger partial charge in [0.2, 0.25) is 0 Å². The molecule has 7 heteroatoms. The summed E-state index contributed by atoms with van der Waals surface area (Å²) in [5.41, 5.74) is 4.08. The van der Waals surface area contributed by atoms with Crippen LogP contribution in [0.3, 0.4) is 0 Å². The topological polar surface area (TPSA) is 25.8 Å². The second-order valence-corrected chi connectivity index (χ2v) is 21.1. The predicted molar refractivity (Wildman–Crippen MR) is 269 cm³/mol. The standard InChI is InChI=1S/C54H86F2N2S3/c1-5-9-13-17-21-23-27-31-35-43(33-29-25-19-15-11-7-3)37-45-39-47(59-41-45)49-51(55)52(56)50(54-53(49)57-61-58-54)48-40-46(42-60-48)38-44(34-30-26-20-16-12-8-4)36-32-28-24-22-18-14-10-6-2/h39-44H,5-38H2,1-4H3. The minimum Gasteiger partial charge on any atom is -0.203 e. The molecule has 0 saturated heterocycles. The second kappa shape index (κ2) is 32.0. The first-order valence-corrected chi connectivity index (χ1v) is 28.3. The third kappa shape index (κ3) is 19.1. The molecule has 0 spiro atoms. The van der Waals surface area contributed by atoms with Gasteiger partial charge in [0.15, 0.2) is 11.6 Å². The smallest absolute Gasteiger partial charge is 0.170 e. The number of benzene rings is 1. The molecular formula is C54H86F2N2S3. The lowest BCUT2D eigenvalue weighted by atomic mass is 9.89. The summed E-state index contributed by atoms with van der Waals surface area (Å²) in [5.74, 6) is -0.289. The van der Waals surface area contributed by atoms with Gasteiger partial charge in [0.1, 0.15) is 11.0 Å². The second-order valence-electron chi connectivity index (χ2n) is 18.8. The highest BCUT2D eigenvalue weighted by molar-refractivity contribution is 7.14. The van der Waals surface area contributed by atoms with E-state index in [1.165, 1.54) is 239 Å². The molecule has 3 heterocycles. The zero-order valence-electron chi connectivity index (χ0n) is 39.4. The lowest BCUT2D eigenvalue weighted by Gasteiger charge is -2.16. The van der Waals surface area contributed by atoms with E-state index in [4.69, 9.17) is 0 Å². The van der Waals surface area contributed by atoms with Gasteiger partial charge in [0.05, 0.1) is 22.9 Å². The Morgan fingerprint density at radius 1 is 0.410 bits per heavy atom. The molecule has 2 nitrogen and oxygen atoms in total. The monoisotopic (exact) mass is 897 g/mol. The summed E-state index contributed by atoms with van der Waals surface area (Å²) in [5, 5.41) is 4.38. The molecule has 344 valence electrons. The van der Waals surface area contributed by atoms with Crippen LogP contribution < -0.4 is 0 Å².